The third-order valence-corrected chi connectivity index (χ3v) is 4.59. The molecule has 0 aromatic heterocycles. The maximum absolute atomic E-state index is 12.3. The number of nitrogens with one attached hydrogen (secondary N) is 1. The van der Waals surface area contributed by atoms with Gasteiger partial charge in [0.1, 0.15) is 18.4 Å². The molecule has 2 atom stereocenters. The first-order valence-corrected chi connectivity index (χ1v) is 9.55. The Morgan fingerprint density at radius 3 is 2.03 bits per heavy atom. The molecule has 6 nitrogen and oxygen atoms in total. The summed E-state index contributed by atoms with van der Waals surface area (Å²) >= 11 is 0. The number of carbonyl (C=O) groups is 2. The minimum absolute atomic E-state index is 0.0849. The SMILES string of the molecule is O=C(N[C@H](Cc1ccc(OCc2ccccc2)cc1)C(=O)O)[C@@H](O)c1ccccc1. The van der Waals surface area contributed by atoms with Crippen molar-refractivity contribution in [2.24, 2.45) is 0 Å². The van der Waals surface area contributed by atoms with Crippen molar-refractivity contribution in [3.8, 4) is 5.75 Å². The molecule has 0 aliphatic carbocycles. The summed E-state index contributed by atoms with van der Waals surface area (Å²) in [5.74, 6) is -1.26. The zero-order chi connectivity index (χ0) is 21.3. The lowest BCUT2D eigenvalue weighted by atomic mass is 10.0. The van der Waals surface area contributed by atoms with Gasteiger partial charge >= 0.3 is 5.97 Å². The highest BCUT2D eigenvalue weighted by Crippen LogP contribution is 2.16. The van der Waals surface area contributed by atoms with Crippen LogP contribution in [0.2, 0.25) is 0 Å². The molecule has 0 fully saturated rings. The number of aliphatic carboxylic acids is 1. The van der Waals surface area contributed by atoms with E-state index >= 15 is 0 Å². The van der Waals surface area contributed by atoms with Crippen LogP contribution in [0.4, 0.5) is 0 Å². The van der Waals surface area contributed by atoms with Gasteiger partial charge in [-0.2, -0.15) is 0 Å². The van der Waals surface area contributed by atoms with E-state index in [-0.39, 0.29) is 6.42 Å². The fourth-order valence-corrected chi connectivity index (χ4v) is 2.94. The molecule has 6 heteroatoms. The Labute approximate surface area is 174 Å². The molecule has 0 heterocycles. The number of carboxylic acid groups (broad SMARTS) is 1. The molecule has 0 unspecified atom stereocenters. The molecule has 0 radical (unpaired) electrons. The Morgan fingerprint density at radius 2 is 1.43 bits per heavy atom. The van der Waals surface area contributed by atoms with E-state index < -0.39 is 24.0 Å². The predicted molar refractivity (Wildman–Crippen MR) is 112 cm³/mol. The molecule has 0 aliphatic heterocycles. The maximum atomic E-state index is 12.3. The van der Waals surface area contributed by atoms with Crippen LogP contribution < -0.4 is 10.1 Å². The van der Waals surface area contributed by atoms with E-state index in [9.17, 15) is 19.8 Å². The molecule has 3 aromatic rings. The number of carboxylic acids is 1. The summed E-state index contributed by atoms with van der Waals surface area (Å²) in [6.07, 6.45) is -1.34. The fraction of sp³-hybridized carbons (Fsp3) is 0.167. The number of aliphatic hydroxyl groups is 1. The van der Waals surface area contributed by atoms with Gasteiger partial charge < -0.3 is 20.3 Å². The van der Waals surface area contributed by atoms with Crippen LogP contribution in [0.5, 0.6) is 5.75 Å². The standard InChI is InChI=1S/C24H23NO5/c26-22(19-9-5-2-6-10-19)23(27)25-21(24(28)29)15-17-11-13-20(14-12-17)30-16-18-7-3-1-4-8-18/h1-14,21-22,26H,15-16H2,(H,25,27)(H,28,29)/t21-,22+/m1/s1. The Kier molecular flexibility index (Phi) is 7.19. The van der Waals surface area contributed by atoms with Crippen LogP contribution >= 0.6 is 0 Å². The topological polar surface area (TPSA) is 95.9 Å². The first-order valence-electron chi connectivity index (χ1n) is 9.55. The zero-order valence-electron chi connectivity index (χ0n) is 16.3. The lowest BCUT2D eigenvalue weighted by Crippen LogP contribution is -2.44. The second-order valence-corrected chi connectivity index (χ2v) is 6.83. The van der Waals surface area contributed by atoms with Crippen LogP contribution in [0.25, 0.3) is 0 Å². The van der Waals surface area contributed by atoms with E-state index in [1.807, 2.05) is 30.3 Å². The number of amides is 1. The van der Waals surface area contributed by atoms with E-state index in [1.165, 1.54) is 0 Å². The number of hydrogen-bond donors (Lipinski definition) is 3. The molecule has 3 N–H and O–H groups in total. The van der Waals surface area contributed by atoms with Crippen molar-refractivity contribution in [2.45, 2.75) is 25.2 Å². The number of rotatable bonds is 9. The van der Waals surface area contributed by atoms with E-state index in [2.05, 4.69) is 5.32 Å². The first kappa shape index (κ1) is 21.1. The normalized spacial score (nSPS) is 12.6. The van der Waals surface area contributed by atoms with E-state index in [1.54, 1.807) is 54.6 Å². The second-order valence-electron chi connectivity index (χ2n) is 6.83. The number of hydrogen-bond acceptors (Lipinski definition) is 4. The van der Waals surface area contributed by atoms with Crippen LogP contribution in [0.1, 0.15) is 22.8 Å². The van der Waals surface area contributed by atoms with Crippen molar-refractivity contribution in [3.05, 3.63) is 102 Å². The highest BCUT2D eigenvalue weighted by atomic mass is 16.5. The minimum Gasteiger partial charge on any atom is -0.489 e. The third kappa shape index (κ3) is 5.93. The summed E-state index contributed by atoms with van der Waals surface area (Å²) in [7, 11) is 0. The highest BCUT2D eigenvalue weighted by Gasteiger charge is 2.25. The third-order valence-electron chi connectivity index (χ3n) is 4.59. The largest absolute Gasteiger partial charge is 0.489 e. The van der Waals surface area contributed by atoms with Gasteiger partial charge in [-0.3, -0.25) is 4.79 Å². The van der Waals surface area contributed by atoms with Crippen LogP contribution in [-0.2, 0) is 22.6 Å². The lowest BCUT2D eigenvalue weighted by Gasteiger charge is -2.18. The number of aliphatic hydroxyl groups excluding tert-OH is 1. The van der Waals surface area contributed by atoms with Gasteiger partial charge in [-0.25, -0.2) is 4.79 Å². The Balaban J connectivity index is 1.58. The van der Waals surface area contributed by atoms with Crippen molar-refractivity contribution in [3.63, 3.8) is 0 Å². The number of carbonyl (C=O) groups excluding carboxylic acids is 1. The smallest absolute Gasteiger partial charge is 0.326 e. The molecule has 0 saturated heterocycles. The van der Waals surface area contributed by atoms with Gasteiger partial charge in [-0.1, -0.05) is 72.8 Å². The monoisotopic (exact) mass is 405 g/mol. The summed E-state index contributed by atoms with van der Waals surface area (Å²) in [5.41, 5.74) is 2.18. The molecule has 1 amide bonds. The maximum Gasteiger partial charge on any atom is 0.326 e. The summed E-state index contributed by atoms with van der Waals surface area (Å²) < 4.78 is 5.73. The molecule has 154 valence electrons. The number of benzene rings is 3. The van der Waals surface area contributed by atoms with E-state index in [0.29, 0.717) is 17.9 Å². The highest BCUT2D eigenvalue weighted by molar-refractivity contribution is 5.87. The van der Waals surface area contributed by atoms with Gasteiger partial charge in [0.25, 0.3) is 5.91 Å². The van der Waals surface area contributed by atoms with Gasteiger partial charge in [0.15, 0.2) is 6.10 Å². The molecule has 3 rings (SSSR count). The van der Waals surface area contributed by atoms with E-state index in [4.69, 9.17) is 4.74 Å². The second kappa shape index (κ2) is 10.2. The lowest BCUT2D eigenvalue weighted by molar-refractivity contribution is -0.143. The Hall–Kier alpha value is -3.64. The van der Waals surface area contributed by atoms with Gasteiger partial charge in [0.05, 0.1) is 0 Å². The van der Waals surface area contributed by atoms with Crippen LogP contribution in [0.15, 0.2) is 84.9 Å². The summed E-state index contributed by atoms with van der Waals surface area (Å²) in [6, 6.07) is 24.0. The summed E-state index contributed by atoms with van der Waals surface area (Å²) in [5, 5.41) is 22.0. The quantitative estimate of drug-likeness (QED) is 0.508. The Morgan fingerprint density at radius 1 is 0.833 bits per heavy atom. The summed E-state index contributed by atoms with van der Waals surface area (Å²) in [4.78, 5) is 23.9. The Bertz CT molecular complexity index is 958. The predicted octanol–water partition coefficient (Wildman–Crippen LogP) is 3.11. The van der Waals surface area contributed by atoms with Crippen LogP contribution in [-0.4, -0.2) is 28.1 Å². The van der Waals surface area contributed by atoms with Gasteiger partial charge in [-0.15, -0.1) is 0 Å². The van der Waals surface area contributed by atoms with Gasteiger partial charge in [-0.05, 0) is 28.8 Å². The average molecular weight is 405 g/mol. The molecule has 3 aromatic carbocycles. The molecule has 30 heavy (non-hydrogen) atoms. The van der Waals surface area contributed by atoms with Crippen molar-refractivity contribution < 1.29 is 24.5 Å². The fourth-order valence-electron chi connectivity index (χ4n) is 2.94. The molecule has 0 aliphatic rings. The zero-order valence-corrected chi connectivity index (χ0v) is 16.3. The van der Waals surface area contributed by atoms with E-state index in [0.717, 1.165) is 11.1 Å². The van der Waals surface area contributed by atoms with Crippen LogP contribution in [0, 0.1) is 0 Å². The van der Waals surface area contributed by atoms with Crippen molar-refractivity contribution in [1.82, 2.24) is 5.32 Å². The van der Waals surface area contributed by atoms with Gasteiger partial charge in [0.2, 0.25) is 0 Å². The summed E-state index contributed by atoms with van der Waals surface area (Å²) in [6.45, 7) is 0.436. The average Bonchev–Trinajstić information content (AvgIpc) is 2.78. The van der Waals surface area contributed by atoms with Crippen molar-refractivity contribution in [2.75, 3.05) is 0 Å². The number of ether oxygens (including phenoxy) is 1. The van der Waals surface area contributed by atoms with Gasteiger partial charge in [0, 0.05) is 6.42 Å². The molecular formula is C24H23NO5. The molecule has 0 bridgehead atoms. The first-order chi connectivity index (χ1) is 14.5. The van der Waals surface area contributed by atoms with Crippen LogP contribution in [0.3, 0.4) is 0 Å². The molecule has 0 saturated carbocycles. The molecule has 0 spiro atoms. The van der Waals surface area contributed by atoms with Crippen molar-refractivity contribution in [1.29, 1.82) is 0 Å². The van der Waals surface area contributed by atoms with Crippen molar-refractivity contribution >= 4 is 11.9 Å². The minimum atomic E-state index is -1.43. The molecular weight excluding hydrogens is 382 g/mol.